The summed E-state index contributed by atoms with van der Waals surface area (Å²) >= 11 is 0. The van der Waals surface area contributed by atoms with Crippen molar-refractivity contribution in [2.24, 2.45) is 0 Å². The van der Waals surface area contributed by atoms with Crippen molar-refractivity contribution in [3.8, 4) is 17.2 Å². The largest absolute Gasteiger partial charge is 0.493 e. The summed E-state index contributed by atoms with van der Waals surface area (Å²) < 4.78 is 21.3. The van der Waals surface area contributed by atoms with Gasteiger partial charge in [-0.1, -0.05) is 49.6 Å². The highest BCUT2D eigenvalue weighted by Crippen LogP contribution is 2.38. The smallest absolute Gasteiger partial charge is 0.330 e. The van der Waals surface area contributed by atoms with Crippen LogP contribution in [-0.4, -0.2) is 57.8 Å². The van der Waals surface area contributed by atoms with Crippen molar-refractivity contribution in [2.75, 3.05) is 27.9 Å². The SMILES string of the molecule is COc1cc(/C=C/C(=O)OC[C@H](NC(=O)/C=C/c2ccccc2)C(=O)NC2CCCCC2)cc(OC)c1OC. The number of benzene rings is 2. The molecule has 2 amide bonds. The van der Waals surface area contributed by atoms with Crippen LogP contribution < -0.4 is 24.8 Å². The molecule has 0 bridgehead atoms. The van der Waals surface area contributed by atoms with Crippen LogP contribution in [0.5, 0.6) is 17.2 Å². The van der Waals surface area contributed by atoms with E-state index in [1.165, 1.54) is 39.6 Å². The van der Waals surface area contributed by atoms with E-state index in [1.807, 2.05) is 30.3 Å². The second-order valence-corrected chi connectivity index (χ2v) is 9.07. The lowest BCUT2D eigenvalue weighted by Crippen LogP contribution is -2.52. The van der Waals surface area contributed by atoms with E-state index >= 15 is 0 Å². The zero-order chi connectivity index (χ0) is 28.0. The topological polar surface area (TPSA) is 112 Å². The third kappa shape index (κ3) is 9.21. The molecule has 1 saturated carbocycles. The number of rotatable bonds is 12. The lowest BCUT2D eigenvalue weighted by molar-refractivity contribution is -0.141. The minimum Gasteiger partial charge on any atom is -0.493 e. The van der Waals surface area contributed by atoms with Crippen molar-refractivity contribution < 1.29 is 33.3 Å². The average Bonchev–Trinajstić information content (AvgIpc) is 2.97. The predicted octanol–water partition coefficient (Wildman–Crippen LogP) is 3.92. The van der Waals surface area contributed by atoms with E-state index in [2.05, 4.69) is 10.6 Å². The average molecular weight is 537 g/mol. The molecule has 0 unspecified atom stereocenters. The molecule has 9 nitrogen and oxygen atoms in total. The summed E-state index contributed by atoms with van der Waals surface area (Å²) in [6.45, 7) is -0.318. The highest BCUT2D eigenvalue weighted by molar-refractivity contribution is 5.96. The van der Waals surface area contributed by atoms with Crippen molar-refractivity contribution in [2.45, 2.75) is 44.2 Å². The van der Waals surface area contributed by atoms with Gasteiger partial charge in [-0.05, 0) is 48.3 Å². The Labute approximate surface area is 229 Å². The summed E-state index contributed by atoms with van der Waals surface area (Å²) in [6, 6.07) is 11.7. The zero-order valence-corrected chi connectivity index (χ0v) is 22.6. The first-order valence-corrected chi connectivity index (χ1v) is 12.9. The van der Waals surface area contributed by atoms with E-state index < -0.39 is 17.9 Å². The van der Waals surface area contributed by atoms with Gasteiger partial charge in [0.1, 0.15) is 12.6 Å². The van der Waals surface area contributed by atoms with Crippen LogP contribution in [0.25, 0.3) is 12.2 Å². The quantitative estimate of drug-likeness (QED) is 0.312. The van der Waals surface area contributed by atoms with Crippen LogP contribution >= 0.6 is 0 Å². The fourth-order valence-electron chi connectivity index (χ4n) is 4.26. The number of amides is 2. The molecule has 1 fully saturated rings. The standard InChI is InChI=1S/C30H36N2O7/c1-36-25-18-22(19-26(37-2)29(25)38-3)15-17-28(34)39-20-24(30(35)31-23-12-8-5-9-13-23)32-27(33)16-14-21-10-6-4-7-11-21/h4,6-7,10-11,14-19,23-24H,5,8-9,12-13,20H2,1-3H3,(H,31,35)(H,32,33)/b16-14+,17-15+/t24-/m0/s1. The normalized spacial score (nSPS) is 14.5. The Morgan fingerprint density at radius 2 is 1.51 bits per heavy atom. The minimum absolute atomic E-state index is 0.0427. The molecule has 39 heavy (non-hydrogen) atoms. The molecule has 208 valence electrons. The van der Waals surface area contributed by atoms with Gasteiger partial charge in [-0.15, -0.1) is 0 Å². The number of hydrogen-bond donors (Lipinski definition) is 2. The van der Waals surface area contributed by atoms with E-state index in [0.29, 0.717) is 22.8 Å². The molecule has 9 heteroatoms. The Balaban J connectivity index is 1.65. The molecule has 1 atom stereocenters. The molecule has 0 aliphatic heterocycles. The zero-order valence-electron chi connectivity index (χ0n) is 22.6. The van der Waals surface area contributed by atoms with Gasteiger partial charge in [0.25, 0.3) is 0 Å². The second-order valence-electron chi connectivity index (χ2n) is 9.07. The van der Waals surface area contributed by atoms with E-state index in [1.54, 1.807) is 18.2 Å². The Hall–Kier alpha value is -4.27. The first-order chi connectivity index (χ1) is 18.9. The van der Waals surface area contributed by atoms with Gasteiger partial charge in [0.15, 0.2) is 11.5 Å². The maximum atomic E-state index is 13.0. The van der Waals surface area contributed by atoms with Crippen LogP contribution in [-0.2, 0) is 19.1 Å². The molecule has 0 radical (unpaired) electrons. The Morgan fingerprint density at radius 1 is 0.872 bits per heavy atom. The van der Waals surface area contributed by atoms with Gasteiger partial charge >= 0.3 is 5.97 Å². The summed E-state index contributed by atoms with van der Waals surface area (Å²) in [6.07, 6.45) is 10.8. The van der Waals surface area contributed by atoms with Gasteiger partial charge < -0.3 is 29.6 Å². The summed E-state index contributed by atoms with van der Waals surface area (Å²) in [7, 11) is 4.51. The van der Waals surface area contributed by atoms with Gasteiger partial charge in [0, 0.05) is 18.2 Å². The van der Waals surface area contributed by atoms with Gasteiger partial charge in [0.05, 0.1) is 21.3 Å². The fraction of sp³-hybridized carbons (Fsp3) is 0.367. The number of carbonyl (C=O) groups excluding carboxylic acids is 3. The third-order valence-corrected chi connectivity index (χ3v) is 6.30. The molecule has 2 aromatic carbocycles. The number of carbonyl (C=O) groups is 3. The van der Waals surface area contributed by atoms with Gasteiger partial charge in [0.2, 0.25) is 17.6 Å². The summed E-state index contributed by atoms with van der Waals surface area (Å²) in [5.74, 6) is -0.209. The monoisotopic (exact) mass is 536 g/mol. The van der Waals surface area contributed by atoms with Gasteiger partial charge in [-0.2, -0.15) is 0 Å². The molecule has 2 aromatic rings. The lowest BCUT2D eigenvalue weighted by atomic mass is 9.95. The van der Waals surface area contributed by atoms with Crippen LogP contribution in [0.2, 0.25) is 0 Å². The number of nitrogens with one attached hydrogen (secondary N) is 2. The van der Waals surface area contributed by atoms with Gasteiger partial charge in [-0.3, -0.25) is 9.59 Å². The highest BCUT2D eigenvalue weighted by atomic mass is 16.5. The Bertz CT molecular complexity index is 1150. The van der Waals surface area contributed by atoms with Crippen molar-refractivity contribution in [3.05, 3.63) is 65.7 Å². The van der Waals surface area contributed by atoms with Crippen molar-refractivity contribution >= 4 is 29.9 Å². The van der Waals surface area contributed by atoms with E-state index in [9.17, 15) is 14.4 Å². The van der Waals surface area contributed by atoms with E-state index in [-0.39, 0.29) is 18.6 Å². The lowest BCUT2D eigenvalue weighted by Gasteiger charge is -2.25. The van der Waals surface area contributed by atoms with Crippen LogP contribution in [0, 0.1) is 0 Å². The predicted molar refractivity (Wildman–Crippen MR) is 149 cm³/mol. The summed E-state index contributed by atoms with van der Waals surface area (Å²) in [4.78, 5) is 38.1. The molecular weight excluding hydrogens is 500 g/mol. The van der Waals surface area contributed by atoms with Gasteiger partial charge in [-0.25, -0.2) is 4.79 Å². The van der Waals surface area contributed by atoms with Crippen LogP contribution in [0.3, 0.4) is 0 Å². The molecular formula is C30H36N2O7. The molecule has 1 aliphatic carbocycles. The Kier molecular flexibility index (Phi) is 11.4. The maximum absolute atomic E-state index is 13.0. The molecule has 2 N–H and O–H groups in total. The van der Waals surface area contributed by atoms with E-state index in [4.69, 9.17) is 18.9 Å². The Morgan fingerprint density at radius 3 is 2.13 bits per heavy atom. The third-order valence-electron chi connectivity index (χ3n) is 6.30. The highest BCUT2D eigenvalue weighted by Gasteiger charge is 2.25. The molecule has 1 aliphatic rings. The number of esters is 1. The van der Waals surface area contributed by atoms with Crippen molar-refractivity contribution in [3.63, 3.8) is 0 Å². The van der Waals surface area contributed by atoms with Crippen LogP contribution in [0.4, 0.5) is 0 Å². The molecule has 0 heterocycles. The first-order valence-electron chi connectivity index (χ1n) is 12.9. The summed E-state index contributed by atoms with van der Waals surface area (Å²) in [5, 5.41) is 5.65. The molecule has 3 rings (SSSR count). The maximum Gasteiger partial charge on any atom is 0.330 e. The molecule has 0 spiro atoms. The first kappa shape index (κ1) is 29.3. The van der Waals surface area contributed by atoms with Crippen molar-refractivity contribution in [1.82, 2.24) is 10.6 Å². The van der Waals surface area contributed by atoms with Crippen LogP contribution in [0.1, 0.15) is 43.2 Å². The van der Waals surface area contributed by atoms with Crippen molar-refractivity contribution in [1.29, 1.82) is 0 Å². The number of methoxy groups -OCH3 is 3. The fourth-order valence-corrected chi connectivity index (χ4v) is 4.26. The summed E-state index contributed by atoms with van der Waals surface area (Å²) in [5.41, 5.74) is 1.46. The second kappa shape index (κ2) is 15.2. The van der Waals surface area contributed by atoms with Crippen LogP contribution in [0.15, 0.2) is 54.6 Å². The number of hydrogen-bond acceptors (Lipinski definition) is 7. The molecule has 0 aromatic heterocycles. The van der Waals surface area contributed by atoms with E-state index in [0.717, 1.165) is 37.7 Å². The minimum atomic E-state index is -1.04. The molecule has 0 saturated heterocycles. The number of ether oxygens (including phenoxy) is 4.